The number of carbonyl (C=O) groups is 1. The zero-order valence-electron chi connectivity index (χ0n) is 10.6. The highest BCUT2D eigenvalue weighted by atomic mass is 32.1. The third-order valence-corrected chi connectivity index (χ3v) is 4.59. The zero-order valence-corrected chi connectivity index (χ0v) is 11.4. The molecule has 4 heteroatoms. The lowest BCUT2D eigenvalue weighted by Gasteiger charge is -2.09. The molecule has 0 bridgehead atoms. The van der Waals surface area contributed by atoms with Gasteiger partial charge in [-0.05, 0) is 44.7 Å². The van der Waals surface area contributed by atoms with E-state index in [4.69, 9.17) is 0 Å². The first kappa shape index (κ1) is 11.7. The first-order valence-electron chi connectivity index (χ1n) is 6.30. The van der Waals surface area contributed by atoms with E-state index in [0.717, 1.165) is 22.8 Å². The molecule has 2 heterocycles. The van der Waals surface area contributed by atoms with Crippen molar-refractivity contribution in [3.63, 3.8) is 0 Å². The molecule has 0 aliphatic heterocycles. The Morgan fingerprint density at radius 2 is 2.28 bits per heavy atom. The number of aryl methyl sites for hydroxylation is 1. The van der Waals surface area contributed by atoms with E-state index in [1.165, 1.54) is 17.7 Å². The number of thiophene rings is 1. The van der Waals surface area contributed by atoms with Gasteiger partial charge in [-0.2, -0.15) is 5.10 Å². The van der Waals surface area contributed by atoms with Crippen molar-refractivity contribution in [2.75, 3.05) is 0 Å². The minimum Gasteiger partial charge on any atom is -0.298 e. The van der Waals surface area contributed by atoms with Gasteiger partial charge < -0.3 is 0 Å². The molecule has 94 valence electrons. The molecule has 0 aromatic carbocycles. The third kappa shape index (κ3) is 2.01. The van der Waals surface area contributed by atoms with Crippen LogP contribution in [0.4, 0.5) is 0 Å². The number of carbonyl (C=O) groups excluding carboxylic acids is 1. The molecule has 1 aliphatic rings. The van der Waals surface area contributed by atoms with Crippen LogP contribution in [0.25, 0.3) is 10.6 Å². The van der Waals surface area contributed by atoms with Crippen molar-refractivity contribution in [3.05, 3.63) is 28.8 Å². The fraction of sp³-hybridized carbons (Fsp3) is 0.429. The van der Waals surface area contributed by atoms with Crippen molar-refractivity contribution < 1.29 is 4.79 Å². The first-order chi connectivity index (χ1) is 8.69. The van der Waals surface area contributed by atoms with Crippen LogP contribution in [0, 0.1) is 12.8 Å². The van der Waals surface area contributed by atoms with E-state index < -0.39 is 0 Å². The number of aldehydes is 1. The lowest BCUT2D eigenvalue weighted by atomic mass is 10.2. The Kier molecular flexibility index (Phi) is 2.82. The molecule has 0 spiro atoms. The van der Waals surface area contributed by atoms with Crippen molar-refractivity contribution in [3.8, 4) is 10.6 Å². The second-order valence-corrected chi connectivity index (χ2v) is 6.31. The summed E-state index contributed by atoms with van der Waals surface area (Å²) in [6.07, 6.45) is 5.36. The Morgan fingerprint density at radius 1 is 1.50 bits per heavy atom. The van der Waals surface area contributed by atoms with Crippen LogP contribution in [0.3, 0.4) is 0 Å². The van der Waals surface area contributed by atoms with Crippen LogP contribution in [-0.4, -0.2) is 16.1 Å². The average molecular weight is 260 g/mol. The van der Waals surface area contributed by atoms with Crippen molar-refractivity contribution >= 4 is 17.6 Å². The summed E-state index contributed by atoms with van der Waals surface area (Å²) in [4.78, 5) is 13.5. The van der Waals surface area contributed by atoms with Gasteiger partial charge in [-0.25, -0.2) is 0 Å². The van der Waals surface area contributed by atoms with Crippen molar-refractivity contribution in [1.29, 1.82) is 0 Å². The van der Waals surface area contributed by atoms with Crippen molar-refractivity contribution in [2.45, 2.75) is 32.7 Å². The Balaban J connectivity index is 2.00. The topological polar surface area (TPSA) is 34.9 Å². The maximum Gasteiger partial charge on any atom is 0.153 e. The average Bonchev–Trinajstić information content (AvgIpc) is 2.98. The number of rotatable bonds is 4. The van der Waals surface area contributed by atoms with Crippen molar-refractivity contribution in [2.24, 2.45) is 5.92 Å². The lowest BCUT2D eigenvalue weighted by molar-refractivity contribution is 0.112. The largest absolute Gasteiger partial charge is 0.298 e. The highest BCUT2D eigenvalue weighted by molar-refractivity contribution is 7.15. The molecule has 0 N–H and O–H groups in total. The second-order valence-electron chi connectivity index (χ2n) is 5.02. The number of hydrogen-bond donors (Lipinski definition) is 0. The van der Waals surface area contributed by atoms with E-state index in [0.29, 0.717) is 11.6 Å². The maximum atomic E-state index is 11.2. The SMILES string of the molecule is Cc1ccc(-c2nn(C(C)C3CC3)cc2C=O)s1. The molecule has 0 saturated heterocycles. The van der Waals surface area contributed by atoms with Gasteiger partial charge in [-0.3, -0.25) is 9.48 Å². The van der Waals surface area contributed by atoms with Gasteiger partial charge in [0.15, 0.2) is 6.29 Å². The highest BCUT2D eigenvalue weighted by Crippen LogP contribution is 2.40. The van der Waals surface area contributed by atoms with Gasteiger partial charge in [0.2, 0.25) is 0 Å². The molecule has 18 heavy (non-hydrogen) atoms. The van der Waals surface area contributed by atoms with Gasteiger partial charge in [0.1, 0.15) is 5.69 Å². The van der Waals surface area contributed by atoms with Crippen molar-refractivity contribution in [1.82, 2.24) is 9.78 Å². The predicted molar refractivity (Wildman–Crippen MR) is 73.1 cm³/mol. The predicted octanol–water partition coefficient (Wildman–Crippen LogP) is 3.70. The summed E-state index contributed by atoms with van der Waals surface area (Å²) in [7, 11) is 0. The number of aromatic nitrogens is 2. The van der Waals surface area contributed by atoms with Crippen LogP contribution in [0.2, 0.25) is 0 Å². The summed E-state index contributed by atoms with van der Waals surface area (Å²) >= 11 is 1.68. The normalized spacial score (nSPS) is 16.8. The van der Waals surface area contributed by atoms with E-state index in [1.54, 1.807) is 11.3 Å². The van der Waals surface area contributed by atoms with Gasteiger partial charge in [0.05, 0.1) is 16.5 Å². The van der Waals surface area contributed by atoms with Crippen LogP contribution in [0.5, 0.6) is 0 Å². The third-order valence-electron chi connectivity index (χ3n) is 3.58. The van der Waals surface area contributed by atoms with E-state index in [9.17, 15) is 4.79 Å². The highest BCUT2D eigenvalue weighted by Gasteiger charge is 2.30. The zero-order chi connectivity index (χ0) is 12.7. The molecule has 0 amide bonds. The summed E-state index contributed by atoms with van der Waals surface area (Å²) in [5.74, 6) is 0.738. The van der Waals surface area contributed by atoms with E-state index in [1.807, 2.05) is 16.9 Å². The molecule has 3 rings (SSSR count). The summed E-state index contributed by atoms with van der Waals surface area (Å²) in [5, 5.41) is 4.62. The van der Waals surface area contributed by atoms with Crippen LogP contribution < -0.4 is 0 Å². The lowest BCUT2D eigenvalue weighted by Crippen LogP contribution is -2.07. The molecular formula is C14H16N2OS. The summed E-state index contributed by atoms with van der Waals surface area (Å²) in [5.41, 5.74) is 1.53. The van der Waals surface area contributed by atoms with Crippen LogP contribution >= 0.6 is 11.3 Å². The molecule has 2 aromatic rings. The minimum absolute atomic E-state index is 0.401. The minimum atomic E-state index is 0.401. The molecular weight excluding hydrogens is 244 g/mol. The standard InChI is InChI=1S/C14H16N2OS/c1-9-3-6-13(18-9)14-12(8-17)7-16(15-14)10(2)11-4-5-11/h3,6-8,10-11H,4-5H2,1-2H3. The van der Waals surface area contributed by atoms with Gasteiger partial charge in [0.25, 0.3) is 0 Å². The Bertz CT molecular complexity index is 580. The number of nitrogens with zero attached hydrogens (tertiary/aromatic N) is 2. The van der Waals surface area contributed by atoms with Crippen LogP contribution in [0.15, 0.2) is 18.3 Å². The molecule has 1 fully saturated rings. The number of hydrogen-bond acceptors (Lipinski definition) is 3. The first-order valence-corrected chi connectivity index (χ1v) is 7.12. The van der Waals surface area contributed by atoms with Gasteiger partial charge in [-0.1, -0.05) is 0 Å². The summed E-state index contributed by atoms with van der Waals surface area (Å²) < 4.78 is 1.96. The van der Waals surface area contributed by atoms with Gasteiger partial charge in [-0.15, -0.1) is 11.3 Å². The molecule has 1 atom stereocenters. The van der Waals surface area contributed by atoms with Gasteiger partial charge in [0, 0.05) is 11.1 Å². The summed E-state index contributed by atoms with van der Waals surface area (Å²) in [6, 6.07) is 4.51. The molecule has 2 aromatic heterocycles. The Morgan fingerprint density at radius 3 is 2.83 bits per heavy atom. The Labute approximate surface area is 110 Å². The molecule has 1 saturated carbocycles. The monoisotopic (exact) mass is 260 g/mol. The molecule has 3 nitrogen and oxygen atoms in total. The second kappa shape index (κ2) is 4.35. The van der Waals surface area contributed by atoms with Crippen LogP contribution in [-0.2, 0) is 0 Å². The Hall–Kier alpha value is -1.42. The van der Waals surface area contributed by atoms with E-state index >= 15 is 0 Å². The molecule has 1 unspecified atom stereocenters. The smallest absolute Gasteiger partial charge is 0.153 e. The maximum absolute atomic E-state index is 11.2. The van der Waals surface area contributed by atoms with Crippen LogP contribution in [0.1, 0.15) is 41.0 Å². The fourth-order valence-electron chi connectivity index (χ4n) is 2.25. The molecule has 1 aliphatic carbocycles. The van der Waals surface area contributed by atoms with Gasteiger partial charge >= 0.3 is 0 Å². The quantitative estimate of drug-likeness (QED) is 0.786. The fourth-order valence-corrected chi connectivity index (χ4v) is 3.12. The van der Waals surface area contributed by atoms with E-state index in [-0.39, 0.29) is 0 Å². The van der Waals surface area contributed by atoms with E-state index in [2.05, 4.69) is 25.0 Å². The summed E-state index contributed by atoms with van der Waals surface area (Å²) in [6.45, 7) is 4.25. The molecule has 0 radical (unpaired) electrons.